The van der Waals surface area contributed by atoms with Crippen molar-refractivity contribution in [3.8, 4) is 0 Å². The van der Waals surface area contributed by atoms with Crippen LogP contribution in [0.1, 0.15) is 12.5 Å². The summed E-state index contributed by atoms with van der Waals surface area (Å²) in [5.41, 5.74) is 2.52. The van der Waals surface area contributed by atoms with Crippen molar-refractivity contribution in [1.82, 2.24) is 5.32 Å². The number of rotatable bonds is 7. The van der Waals surface area contributed by atoms with Crippen LogP contribution in [0.3, 0.4) is 0 Å². The number of benzene rings is 2. The third-order valence-corrected chi connectivity index (χ3v) is 3.39. The molecule has 0 aromatic heterocycles. The molecule has 0 atom stereocenters. The smallest absolute Gasteiger partial charge is 0.216 e. The first-order chi connectivity index (χ1) is 10.3. The monoisotopic (exact) mass is 282 g/mol. The van der Waals surface area contributed by atoms with E-state index in [4.69, 9.17) is 0 Å². The zero-order valence-electron chi connectivity index (χ0n) is 12.5. The molecule has 0 saturated heterocycles. The summed E-state index contributed by atoms with van der Waals surface area (Å²) in [7, 11) is 0. The maximum atomic E-state index is 11.0. The van der Waals surface area contributed by atoms with Crippen molar-refractivity contribution in [3.63, 3.8) is 0 Å². The predicted octanol–water partition coefficient (Wildman–Crippen LogP) is 2.87. The molecule has 1 amide bonds. The molecular formula is C18H22N2O. The van der Waals surface area contributed by atoms with E-state index in [9.17, 15) is 4.79 Å². The van der Waals surface area contributed by atoms with E-state index in [-0.39, 0.29) is 5.91 Å². The minimum absolute atomic E-state index is 0.0195. The number of hydrogen-bond acceptors (Lipinski definition) is 2. The van der Waals surface area contributed by atoms with Gasteiger partial charge in [-0.3, -0.25) is 4.79 Å². The van der Waals surface area contributed by atoms with Gasteiger partial charge in [0.15, 0.2) is 0 Å². The molecule has 0 saturated carbocycles. The van der Waals surface area contributed by atoms with Crippen LogP contribution in [0.4, 0.5) is 5.69 Å². The molecule has 2 aromatic rings. The summed E-state index contributed by atoms with van der Waals surface area (Å²) in [6.07, 6.45) is 0.996. The molecule has 0 radical (unpaired) electrons. The summed E-state index contributed by atoms with van der Waals surface area (Å²) in [6.45, 7) is 3.97. The first-order valence-corrected chi connectivity index (χ1v) is 7.34. The van der Waals surface area contributed by atoms with Crippen molar-refractivity contribution in [2.75, 3.05) is 24.5 Å². The fourth-order valence-corrected chi connectivity index (χ4v) is 2.28. The first kappa shape index (κ1) is 15.1. The molecule has 0 heterocycles. The highest BCUT2D eigenvalue weighted by Gasteiger charge is 2.06. The lowest BCUT2D eigenvalue weighted by molar-refractivity contribution is -0.118. The van der Waals surface area contributed by atoms with E-state index in [0.29, 0.717) is 6.54 Å². The second kappa shape index (κ2) is 8.10. The van der Waals surface area contributed by atoms with Crippen molar-refractivity contribution < 1.29 is 4.79 Å². The number of amides is 1. The van der Waals surface area contributed by atoms with E-state index in [2.05, 4.69) is 46.6 Å². The maximum Gasteiger partial charge on any atom is 0.216 e. The van der Waals surface area contributed by atoms with Gasteiger partial charge in [0.05, 0.1) is 0 Å². The third kappa shape index (κ3) is 5.30. The van der Waals surface area contributed by atoms with Crippen LogP contribution in [0.25, 0.3) is 0 Å². The van der Waals surface area contributed by atoms with Gasteiger partial charge < -0.3 is 10.2 Å². The Bertz CT molecular complexity index is 540. The molecule has 0 bridgehead atoms. The van der Waals surface area contributed by atoms with Gasteiger partial charge in [-0.1, -0.05) is 48.5 Å². The second-order valence-electron chi connectivity index (χ2n) is 5.04. The average molecular weight is 282 g/mol. The molecule has 2 aromatic carbocycles. The number of carbonyl (C=O) groups is 1. The number of para-hydroxylation sites is 1. The topological polar surface area (TPSA) is 32.3 Å². The second-order valence-corrected chi connectivity index (χ2v) is 5.04. The highest BCUT2D eigenvalue weighted by Crippen LogP contribution is 2.13. The largest absolute Gasteiger partial charge is 0.369 e. The Morgan fingerprint density at radius 3 is 2.19 bits per heavy atom. The lowest BCUT2D eigenvalue weighted by Gasteiger charge is -2.25. The Morgan fingerprint density at radius 2 is 1.57 bits per heavy atom. The Labute approximate surface area is 126 Å². The lowest BCUT2D eigenvalue weighted by Crippen LogP contribution is -2.35. The van der Waals surface area contributed by atoms with E-state index < -0.39 is 0 Å². The fraction of sp³-hybridized carbons (Fsp3) is 0.278. The van der Waals surface area contributed by atoms with E-state index in [1.807, 2.05) is 24.3 Å². The fourth-order valence-electron chi connectivity index (χ4n) is 2.28. The van der Waals surface area contributed by atoms with Gasteiger partial charge in [-0.2, -0.15) is 0 Å². The quantitative estimate of drug-likeness (QED) is 0.847. The Hall–Kier alpha value is -2.29. The summed E-state index contributed by atoms with van der Waals surface area (Å²) in [4.78, 5) is 13.3. The molecular weight excluding hydrogens is 260 g/mol. The number of nitrogens with one attached hydrogen (secondary N) is 1. The molecule has 0 fully saturated rings. The van der Waals surface area contributed by atoms with Crippen molar-refractivity contribution in [2.24, 2.45) is 0 Å². The van der Waals surface area contributed by atoms with Crippen LogP contribution in [-0.4, -0.2) is 25.5 Å². The normalized spacial score (nSPS) is 10.1. The molecule has 3 heteroatoms. The first-order valence-electron chi connectivity index (χ1n) is 7.34. The average Bonchev–Trinajstić information content (AvgIpc) is 2.52. The summed E-state index contributed by atoms with van der Waals surface area (Å²) in [5.74, 6) is 0.0195. The molecule has 2 rings (SSSR count). The molecule has 0 spiro atoms. The number of carbonyl (C=O) groups excluding carboxylic acids is 1. The molecule has 0 aliphatic heterocycles. The van der Waals surface area contributed by atoms with Gasteiger partial charge in [0, 0.05) is 32.2 Å². The molecule has 0 unspecified atom stereocenters. The van der Waals surface area contributed by atoms with Gasteiger partial charge in [-0.25, -0.2) is 0 Å². The molecule has 0 aliphatic rings. The Balaban J connectivity index is 1.96. The van der Waals surface area contributed by atoms with E-state index in [1.165, 1.54) is 11.3 Å². The van der Waals surface area contributed by atoms with Crippen molar-refractivity contribution >= 4 is 11.6 Å². The van der Waals surface area contributed by atoms with Crippen LogP contribution in [0.2, 0.25) is 0 Å². The number of nitrogens with zero attached hydrogens (tertiary/aromatic N) is 1. The predicted molar refractivity (Wildman–Crippen MR) is 87.5 cm³/mol. The summed E-state index contributed by atoms with van der Waals surface area (Å²) >= 11 is 0. The van der Waals surface area contributed by atoms with Crippen LogP contribution in [0.15, 0.2) is 60.7 Å². The summed E-state index contributed by atoms with van der Waals surface area (Å²) < 4.78 is 0. The molecule has 21 heavy (non-hydrogen) atoms. The number of hydrogen-bond donors (Lipinski definition) is 1. The minimum Gasteiger partial charge on any atom is -0.369 e. The van der Waals surface area contributed by atoms with E-state index >= 15 is 0 Å². The van der Waals surface area contributed by atoms with Crippen molar-refractivity contribution in [2.45, 2.75) is 13.3 Å². The van der Waals surface area contributed by atoms with Crippen LogP contribution >= 0.6 is 0 Å². The molecule has 110 valence electrons. The van der Waals surface area contributed by atoms with Crippen molar-refractivity contribution in [1.29, 1.82) is 0 Å². The standard InChI is InChI=1S/C18H22N2O/c1-16(21)19-13-15-20(18-10-6-3-7-11-18)14-12-17-8-4-2-5-9-17/h2-11H,12-15H2,1H3,(H,19,21). The Morgan fingerprint density at radius 1 is 0.952 bits per heavy atom. The number of anilines is 1. The SMILES string of the molecule is CC(=O)NCCN(CCc1ccccc1)c1ccccc1. The lowest BCUT2D eigenvalue weighted by atomic mass is 10.1. The van der Waals surface area contributed by atoms with Gasteiger partial charge >= 0.3 is 0 Å². The third-order valence-electron chi connectivity index (χ3n) is 3.39. The van der Waals surface area contributed by atoms with Gasteiger partial charge in [0.25, 0.3) is 0 Å². The van der Waals surface area contributed by atoms with Crippen LogP contribution in [0.5, 0.6) is 0 Å². The highest BCUT2D eigenvalue weighted by molar-refractivity contribution is 5.72. The van der Waals surface area contributed by atoms with Crippen molar-refractivity contribution in [3.05, 3.63) is 66.2 Å². The van der Waals surface area contributed by atoms with Crippen LogP contribution < -0.4 is 10.2 Å². The highest BCUT2D eigenvalue weighted by atomic mass is 16.1. The van der Waals surface area contributed by atoms with Crippen LogP contribution in [0, 0.1) is 0 Å². The molecule has 3 nitrogen and oxygen atoms in total. The maximum absolute atomic E-state index is 11.0. The minimum atomic E-state index is 0.0195. The molecule has 1 N–H and O–H groups in total. The van der Waals surface area contributed by atoms with Gasteiger partial charge in [-0.15, -0.1) is 0 Å². The van der Waals surface area contributed by atoms with Gasteiger partial charge in [0.1, 0.15) is 0 Å². The van der Waals surface area contributed by atoms with E-state index in [0.717, 1.165) is 19.5 Å². The van der Waals surface area contributed by atoms with E-state index in [1.54, 1.807) is 6.92 Å². The van der Waals surface area contributed by atoms with Crippen LogP contribution in [-0.2, 0) is 11.2 Å². The summed E-state index contributed by atoms with van der Waals surface area (Å²) in [5, 5.41) is 2.86. The van der Waals surface area contributed by atoms with Gasteiger partial charge in [-0.05, 0) is 24.1 Å². The zero-order valence-corrected chi connectivity index (χ0v) is 12.5. The Kier molecular flexibility index (Phi) is 5.83. The van der Waals surface area contributed by atoms with Gasteiger partial charge in [0.2, 0.25) is 5.91 Å². The summed E-state index contributed by atoms with van der Waals surface area (Å²) in [6, 6.07) is 20.8. The zero-order chi connectivity index (χ0) is 14.9. The molecule has 0 aliphatic carbocycles.